The first kappa shape index (κ1) is 18.9. The Morgan fingerprint density at radius 1 is 1.32 bits per heavy atom. The molecule has 0 bridgehead atoms. The number of carbonyl (C=O) groups excluding carboxylic acids is 2. The second kappa shape index (κ2) is 8.11. The predicted molar refractivity (Wildman–Crippen MR) is 85.9 cm³/mol. The molecule has 2 aromatic rings. The summed E-state index contributed by atoms with van der Waals surface area (Å²) in [4.78, 5) is 26.8. The molecule has 5 nitrogen and oxygen atoms in total. The van der Waals surface area contributed by atoms with Gasteiger partial charge in [0.05, 0.1) is 17.9 Å². The standard InChI is InChI=1S/C16H15F3N2O3S/c1-2-24-15(23)13(22)20-7-6-12-9-25-14(21-12)10-4-3-5-11(8-10)16(17,18)19/h3-5,8-9H,2,6-7H2,1H3,(H,20,22). The van der Waals surface area contributed by atoms with E-state index in [9.17, 15) is 22.8 Å². The highest BCUT2D eigenvalue weighted by Crippen LogP contribution is 2.33. The number of benzene rings is 1. The fourth-order valence-electron chi connectivity index (χ4n) is 1.96. The number of hydrogen-bond acceptors (Lipinski definition) is 5. The SMILES string of the molecule is CCOC(=O)C(=O)NCCc1csc(-c2cccc(C(F)(F)F)c2)n1. The van der Waals surface area contributed by atoms with Gasteiger partial charge in [-0.25, -0.2) is 9.78 Å². The summed E-state index contributed by atoms with van der Waals surface area (Å²) in [6.07, 6.45) is -4.06. The van der Waals surface area contributed by atoms with E-state index in [1.54, 1.807) is 18.4 Å². The van der Waals surface area contributed by atoms with Crippen LogP contribution in [0.15, 0.2) is 29.6 Å². The lowest BCUT2D eigenvalue weighted by molar-refractivity contribution is -0.154. The second-order valence-electron chi connectivity index (χ2n) is 4.95. The molecule has 0 unspecified atom stereocenters. The molecule has 1 N–H and O–H groups in total. The van der Waals surface area contributed by atoms with E-state index in [4.69, 9.17) is 0 Å². The highest BCUT2D eigenvalue weighted by Gasteiger charge is 2.30. The van der Waals surface area contributed by atoms with Crippen LogP contribution in [0.1, 0.15) is 18.2 Å². The molecule has 134 valence electrons. The molecule has 0 aliphatic heterocycles. The Hall–Kier alpha value is -2.42. The molecule has 0 radical (unpaired) electrons. The van der Waals surface area contributed by atoms with E-state index in [1.807, 2.05) is 0 Å². The summed E-state index contributed by atoms with van der Waals surface area (Å²) in [6.45, 7) is 1.87. The van der Waals surface area contributed by atoms with Gasteiger partial charge in [-0.15, -0.1) is 11.3 Å². The van der Waals surface area contributed by atoms with Crippen molar-refractivity contribution in [2.75, 3.05) is 13.2 Å². The summed E-state index contributed by atoms with van der Waals surface area (Å²) < 4.78 is 42.8. The lowest BCUT2D eigenvalue weighted by Gasteiger charge is -2.07. The fraction of sp³-hybridized carbons (Fsp3) is 0.312. The lowest BCUT2D eigenvalue weighted by Crippen LogP contribution is -2.33. The van der Waals surface area contributed by atoms with Gasteiger partial charge in [0, 0.05) is 23.9 Å². The summed E-state index contributed by atoms with van der Waals surface area (Å²) in [5.41, 5.74) is 0.256. The molecule has 0 saturated carbocycles. The van der Waals surface area contributed by atoms with Crippen molar-refractivity contribution in [1.82, 2.24) is 10.3 Å². The maximum atomic E-state index is 12.8. The Labute approximate surface area is 145 Å². The Bertz CT molecular complexity index is 759. The van der Waals surface area contributed by atoms with Crippen LogP contribution in [0.4, 0.5) is 13.2 Å². The zero-order chi connectivity index (χ0) is 18.4. The number of aromatic nitrogens is 1. The number of hydrogen-bond donors (Lipinski definition) is 1. The number of ether oxygens (including phenoxy) is 1. The molecule has 0 saturated heterocycles. The van der Waals surface area contributed by atoms with Gasteiger partial charge in [-0.1, -0.05) is 12.1 Å². The summed E-state index contributed by atoms with van der Waals surface area (Å²) >= 11 is 1.21. The number of amides is 1. The van der Waals surface area contributed by atoms with Crippen molar-refractivity contribution in [2.24, 2.45) is 0 Å². The van der Waals surface area contributed by atoms with Crippen molar-refractivity contribution in [3.8, 4) is 10.6 Å². The van der Waals surface area contributed by atoms with Gasteiger partial charge in [-0.05, 0) is 19.1 Å². The van der Waals surface area contributed by atoms with E-state index in [0.717, 1.165) is 12.1 Å². The third-order valence-corrected chi connectivity index (χ3v) is 4.06. The third kappa shape index (κ3) is 5.28. The van der Waals surface area contributed by atoms with E-state index >= 15 is 0 Å². The minimum atomic E-state index is -4.41. The average molecular weight is 372 g/mol. The molecule has 1 aromatic carbocycles. The topological polar surface area (TPSA) is 68.3 Å². The van der Waals surface area contributed by atoms with Crippen LogP contribution in [-0.4, -0.2) is 30.0 Å². The van der Waals surface area contributed by atoms with Crippen molar-refractivity contribution < 1.29 is 27.5 Å². The number of thiazole rings is 1. The Morgan fingerprint density at radius 2 is 2.08 bits per heavy atom. The molecule has 0 aliphatic rings. The first-order valence-electron chi connectivity index (χ1n) is 7.38. The molecule has 25 heavy (non-hydrogen) atoms. The molecule has 0 fully saturated rings. The van der Waals surface area contributed by atoms with E-state index < -0.39 is 23.6 Å². The lowest BCUT2D eigenvalue weighted by atomic mass is 10.1. The Balaban J connectivity index is 1.97. The predicted octanol–water partition coefficient (Wildman–Crippen LogP) is 3.05. The van der Waals surface area contributed by atoms with Gasteiger partial charge in [0.15, 0.2) is 0 Å². The van der Waals surface area contributed by atoms with Crippen LogP contribution >= 0.6 is 11.3 Å². The molecule has 9 heteroatoms. The molecule has 1 amide bonds. The van der Waals surface area contributed by atoms with Crippen molar-refractivity contribution in [1.29, 1.82) is 0 Å². The van der Waals surface area contributed by atoms with Crippen LogP contribution in [0.5, 0.6) is 0 Å². The van der Waals surface area contributed by atoms with Crippen LogP contribution in [0.3, 0.4) is 0 Å². The largest absolute Gasteiger partial charge is 0.459 e. The molecular weight excluding hydrogens is 357 g/mol. The van der Waals surface area contributed by atoms with Gasteiger partial charge in [-0.2, -0.15) is 13.2 Å². The van der Waals surface area contributed by atoms with Crippen molar-refractivity contribution in [3.63, 3.8) is 0 Å². The summed E-state index contributed by atoms with van der Waals surface area (Å²) in [6, 6.07) is 4.94. The molecular formula is C16H15F3N2O3S. The van der Waals surface area contributed by atoms with Crippen LogP contribution in [-0.2, 0) is 26.9 Å². The molecule has 1 heterocycles. The van der Waals surface area contributed by atoms with Crippen molar-refractivity contribution >= 4 is 23.2 Å². The Kier molecular flexibility index (Phi) is 6.13. The van der Waals surface area contributed by atoms with Crippen LogP contribution < -0.4 is 5.32 Å². The number of nitrogens with one attached hydrogen (secondary N) is 1. The highest BCUT2D eigenvalue weighted by molar-refractivity contribution is 7.13. The smallest absolute Gasteiger partial charge is 0.416 e. The van der Waals surface area contributed by atoms with Gasteiger partial charge < -0.3 is 10.1 Å². The molecule has 0 spiro atoms. The summed E-state index contributed by atoms with van der Waals surface area (Å²) in [7, 11) is 0. The van der Waals surface area contributed by atoms with Crippen molar-refractivity contribution in [2.45, 2.75) is 19.5 Å². The number of rotatable bonds is 5. The normalized spacial score (nSPS) is 11.2. The number of halogens is 3. The summed E-state index contributed by atoms with van der Waals surface area (Å²) in [5, 5.41) is 4.55. The zero-order valence-corrected chi connectivity index (χ0v) is 14.0. The summed E-state index contributed by atoms with van der Waals surface area (Å²) in [5.74, 6) is -1.79. The number of alkyl halides is 3. The third-order valence-electron chi connectivity index (χ3n) is 3.12. The highest BCUT2D eigenvalue weighted by atomic mass is 32.1. The van der Waals surface area contributed by atoms with Crippen molar-refractivity contribution in [3.05, 3.63) is 40.9 Å². The number of esters is 1. The Morgan fingerprint density at radius 3 is 2.76 bits per heavy atom. The molecule has 2 rings (SSSR count). The number of carbonyl (C=O) groups is 2. The monoisotopic (exact) mass is 372 g/mol. The zero-order valence-electron chi connectivity index (χ0n) is 13.2. The molecule has 1 aromatic heterocycles. The second-order valence-corrected chi connectivity index (χ2v) is 5.81. The van der Waals surface area contributed by atoms with E-state index in [0.29, 0.717) is 22.7 Å². The van der Waals surface area contributed by atoms with Gasteiger partial charge >= 0.3 is 18.1 Å². The minimum absolute atomic E-state index is 0.110. The van der Waals surface area contributed by atoms with Crippen LogP contribution in [0.2, 0.25) is 0 Å². The number of nitrogens with zero attached hydrogens (tertiary/aromatic N) is 1. The van der Waals surface area contributed by atoms with Gasteiger partial charge in [0.1, 0.15) is 5.01 Å². The molecule has 0 atom stereocenters. The maximum Gasteiger partial charge on any atom is 0.416 e. The van der Waals surface area contributed by atoms with Gasteiger partial charge in [0.2, 0.25) is 0 Å². The first-order valence-corrected chi connectivity index (χ1v) is 8.26. The van der Waals surface area contributed by atoms with E-state index in [1.165, 1.54) is 17.4 Å². The van der Waals surface area contributed by atoms with E-state index in [2.05, 4.69) is 15.0 Å². The minimum Gasteiger partial charge on any atom is -0.459 e. The quantitative estimate of drug-likeness (QED) is 0.647. The first-order chi connectivity index (χ1) is 11.8. The fourth-order valence-corrected chi connectivity index (χ4v) is 2.81. The van der Waals surface area contributed by atoms with Crippen LogP contribution in [0.25, 0.3) is 10.6 Å². The molecule has 0 aliphatic carbocycles. The van der Waals surface area contributed by atoms with Gasteiger partial charge in [-0.3, -0.25) is 4.79 Å². The average Bonchev–Trinajstić information content (AvgIpc) is 3.03. The van der Waals surface area contributed by atoms with Gasteiger partial charge in [0.25, 0.3) is 0 Å². The van der Waals surface area contributed by atoms with E-state index in [-0.39, 0.29) is 13.2 Å². The maximum absolute atomic E-state index is 12.8. The van der Waals surface area contributed by atoms with Crippen LogP contribution in [0, 0.1) is 0 Å².